The second-order valence-corrected chi connectivity index (χ2v) is 7.47. The first-order chi connectivity index (χ1) is 10.9. The Morgan fingerprint density at radius 1 is 0.783 bits per heavy atom. The van der Waals surface area contributed by atoms with Gasteiger partial charge in [0.1, 0.15) is 0 Å². The summed E-state index contributed by atoms with van der Waals surface area (Å²) in [6.07, 6.45) is 12.5. The molecule has 0 aromatic rings. The van der Waals surface area contributed by atoms with Gasteiger partial charge in [0.25, 0.3) is 0 Å². The molecule has 1 aliphatic carbocycles. The minimum absolute atomic E-state index is 0.227. The minimum atomic E-state index is 0.227. The third kappa shape index (κ3) is 4.08. The van der Waals surface area contributed by atoms with Gasteiger partial charge in [0.15, 0.2) is 0 Å². The summed E-state index contributed by atoms with van der Waals surface area (Å²) in [5.74, 6) is 0. The number of rotatable bonds is 5. The fourth-order valence-corrected chi connectivity index (χ4v) is 4.62. The summed E-state index contributed by atoms with van der Waals surface area (Å²) in [5, 5.41) is 0. The maximum atomic E-state index is 2.35. The van der Waals surface area contributed by atoms with Crippen molar-refractivity contribution < 1.29 is 0 Å². The second kappa shape index (κ2) is 8.71. The Morgan fingerprint density at radius 3 is 1.65 bits per heavy atom. The monoisotopic (exact) mass is 314 g/mol. The lowest BCUT2D eigenvalue weighted by molar-refractivity contribution is 0.291. The maximum Gasteiger partial charge on any atom is 0.0206 e. The van der Waals surface area contributed by atoms with Gasteiger partial charge in [-0.1, -0.05) is 60.6 Å². The van der Waals surface area contributed by atoms with E-state index in [1.165, 1.54) is 48.8 Å². The lowest BCUT2D eigenvalue weighted by Crippen LogP contribution is -2.32. The van der Waals surface area contributed by atoms with E-state index >= 15 is 0 Å². The molecule has 0 N–H and O–H groups in total. The summed E-state index contributed by atoms with van der Waals surface area (Å²) in [4.78, 5) is 0. The second-order valence-electron chi connectivity index (χ2n) is 7.47. The minimum Gasteiger partial charge on any atom is -0.0844 e. The maximum absolute atomic E-state index is 2.35. The van der Waals surface area contributed by atoms with Crippen LogP contribution in [-0.2, 0) is 0 Å². The van der Waals surface area contributed by atoms with Gasteiger partial charge in [0.05, 0.1) is 0 Å². The van der Waals surface area contributed by atoms with E-state index in [9.17, 15) is 0 Å². The third-order valence-corrected chi connectivity index (χ3v) is 5.78. The highest BCUT2D eigenvalue weighted by Gasteiger charge is 2.41. The molecule has 0 spiro atoms. The van der Waals surface area contributed by atoms with E-state index in [0.717, 1.165) is 6.42 Å². The van der Waals surface area contributed by atoms with E-state index in [1.807, 2.05) is 0 Å². The Bertz CT molecular complexity index is 524. The van der Waals surface area contributed by atoms with Gasteiger partial charge in [-0.3, -0.25) is 0 Å². The van der Waals surface area contributed by atoms with Gasteiger partial charge in [-0.05, 0) is 78.9 Å². The highest BCUT2D eigenvalue weighted by atomic mass is 14.4. The fourth-order valence-electron chi connectivity index (χ4n) is 4.62. The first kappa shape index (κ1) is 20.0. The van der Waals surface area contributed by atoms with E-state index in [1.54, 1.807) is 16.7 Å². The van der Waals surface area contributed by atoms with Crippen LogP contribution >= 0.6 is 0 Å². The molecule has 0 saturated heterocycles. The van der Waals surface area contributed by atoms with E-state index in [0.29, 0.717) is 0 Å². The van der Waals surface area contributed by atoms with Crippen molar-refractivity contribution in [1.29, 1.82) is 0 Å². The Balaban J connectivity index is 3.76. The van der Waals surface area contributed by atoms with Crippen LogP contribution in [0, 0.1) is 5.41 Å². The van der Waals surface area contributed by atoms with Crippen LogP contribution in [0.25, 0.3) is 0 Å². The summed E-state index contributed by atoms with van der Waals surface area (Å²) < 4.78 is 0. The molecule has 0 aromatic heterocycles. The molecule has 1 fully saturated rings. The fraction of sp³-hybridized carbons (Fsp3) is 0.652. The zero-order valence-electron chi connectivity index (χ0n) is 16.9. The van der Waals surface area contributed by atoms with Crippen molar-refractivity contribution in [3.05, 3.63) is 45.6 Å². The van der Waals surface area contributed by atoms with Crippen LogP contribution in [0.15, 0.2) is 45.6 Å². The average Bonchev–Trinajstić information content (AvgIpc) is 2.54. The molecule has 0 heteroatoms. The molecular weight excluding hydrogens is 276 g/mol. The third-order valence-electron chi connectivity index (χ3n) is 5.78. The summed E-state index contributed by atoms with van der Waals surface area (Å²) in [7, 11) is 0. The highest BCUT2D eigenvalue weighted by Crippen LogP contribution is 2.54. The smallest absolute Gasteiger partial charge is 0.0206 e. The van der Waals surface area contributed by atoms with Crippen LogP contribution in [0.2, 0.25) is 0 Å². The molecule has 1 aliphatic rings. The van der Waals surface area contributed by atoms with Crippen LogP contribution in [0.4, 0.5) is 0 Å². The van der Waals surface area contributed by atoms with Gasteiger partial charge < -0.3 is 0 Å². The normalized spacial score (nSPS) is 20.2. The lowest BCUT2D eigenvalue weighted by Gasteiger charge is -2.45. The zero-order chi connectivity index (χ0) is 17.6. The molecule has 23 heavy (non-hydrogen) atoms. The SMILES string of the molecule is C/C=C(/C)C(=C(C)C)C1(C(/C(C)=C\C)=C(\C)CC)CCCCC1. The van der Waals surface area contributed by atoms with Gasteiger partial charge >= 0.3 is 0 Å². The Hall–Kier alpha value is -1.04. The van der Waals surface area contributed by atoms with Gasteiger partial charge in [-0.2, -0.15) is 0 Å². The molecule has 0 aliphatic heterocycles. The number of hydrogen-bond acceptors (Lipinski definition) is 0. The van der Waals surface area contributed by atoms with Crippen LogP contribution in [-0.4, -0.2) is 0 Å². The number of allylic oxidation sites excluding steroid dienone is 8. The van der Waals surface area contributed by atoms with Crippen LogP contribution < -0.4 is 0 Å². The van der Waals surface area contributed by atoms with Crippen molar-refractivity contribution in [2.45, 2.75) is 93.9 Å². The molecule has 0 atom stereocenters. The molecule has 1 rings (SSSR count). The molecule has 0 radical (unpaired) electrons. The van der Waals surface area contributed by atoms with Crippen molar-refractivity contribution >= 4 is 0 Å². The quantitative estimate of drug-likeness (QED) is 0.452. The van der Waals surface area contributed by atoms with Crippen molar-refractivity contribution in [2.24, 2.45) is 5.41 Å². The van der Waals surface area contributed by atoms with Crippen molar-refractivity contribution in [1.82, 2.24) is 0 Å². The highest BCUT2D eigenvalue weighted by molar-refractivity contribution is 5.52. The van der Waals surface area contributed by atoms with E-state index < -0.39 is 0 Å². The molecule has 1 saturated carbocycles. The van der Waals surface area contributed by atoms with Gasteiger partial charge in [-0.25, -0.2) is 0 Å². The van der Waals surface area contributed by atoms with E-state index in [2.05, 4.69) is 67.5 Å². The Morgan fingerprint density at radius 2 is 1.26 bits per heavy atom. The summed E-state index contributed by atoms with van der Waals surface area (Å²) >= 11 is 0. The average molecular weight is 315 g/mol. The number of hydrogen-bond donors (Lipinski definition) is 0. The summed E-state index contributed by atoms with van der Waals surface area (Å²) in [6, 6.07) is 0. The van der Waals surface area contributed by atoms with Gasteiger partial charge in [-0.15, -0.1) is 0 Å². The molecule has 0 bridgehead atoms. The molecule has 0 unspecified atom stereocenters. The van der Waals surface area contributed by atoms with E-state index in [-0.39, 0.29) is 5.41 Å². The lowest BCUT2D eigenvalue weighted by atomic mass is 9.59. The molecule has 0 aromatic carbocycles. The summed E-state index contributed by atoms with van der Waals surface area (Å²) in [6.45, 7) is 18.3. The zero-order valence-corrected chi connectivity index (χ0v) is 16.9. The van der Waals surface area contributed by atoms with Crippen molar-refractivity contribution in [2.75, 3.05) is 0 Å². The largest absolute Gasteiger partial charge is 0.0844 e. The summed E-state index contributed by atoms with van der Waals surface area (Å²) in [5.41, 5.74) is 9.50. The molecule has 0 heterocycles. The predicted molar refractivity (Wildman–Crippen MR) is 106 cm³/mol. The van der Waals surface area contributed by atoms with Crippen LogP contribution in [0.5, 0.6) is 0 Å². The molecule has 0 nitrogen and oxygen atoms in total. The van der Waals surface area contributed by atoms with Gasteiger partial charge in [0.2, 0.25) is 0 Å². The van der Waals surface area contributed by atoms with Crippen molar-refractivity contribution in [3.8, 4) is 0 Å². The van der Waals surface area contributed by atoms with E-state index in [4.69, 9.17) is 0 Å². The Kier molecular flexibility index (Phi) is 7.58. The molecular formula is C23H38. The topological polar surface area (TPSA) is 0 Å². The standard InChI is InChI=1S/C23H38/c1-9-18(6)21(17(4)5)23(15-13-12-14-16-23)22(19(7)10-2)20(8)11-3/h9-10H,11-16H2,1-8H3/b18-9-,19-10-,22-20+. The Labute approximate surface area is 145 Å². The van der Waals surface area contributed by atoms with Crippen molar-refractivity contribution in [3.63, 3.8) is 0 Å². The van der Waals surface area contributed by atoms with Crippen LogP contribution in [0.1, 0.15) is 93.9 Å². The first-order valence-electron chi connectivity index (χ1n) is 9.50. The predicted octanol–water partition coefficient (Wildman–Crippen LogP) is 7.93. The molecule has 130 valence electrons. The first-order valence-corrected chi connectivity index (χ1v) is 9.50. The molecule has 0 amide bonds. The van der Waals surface area contributed by atoms with Crippen LogP contribution in [0.3, 0.4) is 0 Å². The van der Waals surface area contributed by atoms with Gasteiger partial charge in [0, 0.05) is 5.41 Å².